The van der Waals surface area contributed by atoms with E-state index in [4.69, 9.17) is 9.47 Å². The van der Waals surface area contributed by atoms with Crippen molar-refractivity contribution in [1.29, 1.82) is 0 Å². The quantitative estimate of drug-likeness (QED) is 0.192. The summed E-state index contributed by atoms with van der Waals surface area (Å²) in [6.07, 6.45) is 1.41. The molecular formula is C35H32F2N4O5. The van der Waals surface area contributed by atoms with Gasteiger partial charge in [0.25, 0.3) is 5.92 Å². The number of imidazole rings is 1. The first kappa shape index (κ1) is 30.7. The highest BCUT2D eigenvalue weighted by Crippen LogP contribution is 2.37. The summed E-state index contributed by atoms with van der Waals surface area (Å²) in [5.41, 5.74) is 2.93. The molecule has 0 saturated heterocycles. The first-order chi connectivity index (χ1) is 22.2. The zero-order chi connectivity index (χ0) is 32.3. The van der Waals surface area contributed by atoms with Crippen LogP contribution in [-0.4, -0.2) is 57.7 Å². The number of hydrogen-bond donors (Lipinski definition) is 0. The number of benzene rings is 3. The van der Waals surface area contributed by atoms with Crippen LogP contribution in [0.5, 0.6) is 11.8 Å². The van der Waals surface area contributed by atoms with Crippen molar-refractivity contribution in [1.82, 2.24) is 19.0 Å². The van der Waals surface area contributed by atoms with Crippen molar-refractivity contribution < 1.29 is 27.8 Å². The summed E-state index contributed by atoms with van der Waals surface area (Å²) >= 11 is 0. The molecule has 6 rings (SSSR count). The molecule has 0 fully saturated rings. The minimum absolute atomic E-state index is 0.157. The van der Waals surface area contributed by atoms with Crippen molar-refractivity contribution in [3.63, 3.8) is 0 Å². The van der Waals surface area contributed by atoms with E-state index in [1.54, 1.807) is 37.4 Å². The summed E-state index contributed by atoms with van der Waals surface area (Å²) in [4.78, 5) is 31.3. The number of carbonyl (C=O) groups excluding carboxylic acids is 1. The van der Waals surface area contributed by atoms with Crippen LogP contribution in [-0.2, 0) is 29.8 Å². The number of rotatable bonds is 10. The SMILES string of the molecule is COC(=O)CN1CC=C(c2ccc3c(c2)n(C)c(=O)n3-c2ccc(OCc3ccccc3)nc2OCc2ccccc2)C(F)(F)C1. The third-order valence-electron chi connectivity index (χ3n) is 7.82. The molecule has 0 N–H and O–H groups in total. The number of ether oxygens (including phenoxy) is 3. The monoisotopic (exact) mass is 626 g/mol. The first-order valence-corrected chi connectivity index (χ1v) is 14.7. The van der Waals surface area contributed by atoms with E-state index < -0.39 is 24.1 Å². The lowest BCUT2D eigenvalue weighted by molar-refractivity contribution is -0.142. The molecule has 46 heavy (non-hydrogen) atoms. The molecule has 9 nitrogen and oxygen atoms in total. The fourth-order valence-electron chi connectivity index (χ4n) is 5.46. The second kappa shape index (κ2) is 13.0. The highest BCUT2D eigenvalue weighted by Gasteiger charge is 2.40. The molecule has 0 spiro atoms. The molecule has 11 heteroatoms. The molecule has 0 aliphatic carbocycles. The Morgan fingerprint density at radius 1 is 0.891 bits per heavy atom. The Kier molecular flexibility index (Phi) is 8.67. The second-order valence-electron chi connectivity index (χ2n) is 11.0. The third-order valence-corrected chi connectivity index (χ3v) is 7.82. The van der Waals surface area contributed by atoms with Crippen molar-refractivity contribution in [3.8, 4) is 17.4 Å². The van der Waals surface area contributed by atoms with Crippen molar-refractivity contribution in [2.24, 2.45) is 7.05 Å². The Balaban J connectivity index is 1.36. The predicted octanol–water partition coefficient (Wildman–Crippen LogP) is 5.39. The lowest BCUT2D eigenvalue weighted by atomic mass is 9.95. The molecule has 0 amide bonds. The molecule has 1 aliphatic heterocycles. The Hall–Kier alpha value is -5.29. The fourth-order valence-corrected chi connectivity index (χ4v) is 5.46. The normalized spacial score (nSPS) is 14.6. The fraction of sp³-hybridized carbons (Fsp3) is 0.229. The lowest BCUT2D eigenvalue weighted by Gasteiger charge is -2.32. The van der Waals surface area contributed by atoms with Crippen molar-refractivity contribution in [2.45, 2.75) is 19.1 Å². The van der Waals surface area contributed by atoms with E-state index in [0.717, 1.165) is 11.1 Å². The highest BCUT2D eigenvalue weighted by atomic mass is 19.3. The Bertz CT molecular complexity index is 1950. The van der Waals surface area contributed by atoms with Crippen LogP contribution in [0.1, 0.15) is 16.7 Å². The Morgan fingerprint density at radius 2 is 1.57 bits per heavy atom. The van der Waals surface area contributed by atoms with Gasteiger partial charge < -0.3 is 14.2 Å². The van der Waals surface area contributed by atoms with Gasteiger partial charge in [-0.25, -0.2) is 4.79 Å². The number of halogens is 2. The van der Waals surface area contributed by atoms with E-state index in [9.17, 15) is 9.59 Å². The number of esters is 1. The van der Waals surface area contributed by atoms with Crippen LogP contribution in [0, 0.1) is 0 Å². The van der Waals surface area contributed by atoms with Crippen molar-refractivity contribution in [2.75, 3.05) is 26.7 Å². The summed E-state index contributed by atoms with van der Waals surface area (Å²) in [5, 5.41) is 0. The number of nitrogens with zero attached hydrogens (tertiary/aromatic N) is 4. The average Bonchev–Trinajstić information content (AvgIpc) is 3.31. The van der Waals surface area contributed by atoms with Gasteiger partial charge in [-0.15, -0.1) is 0 Å². The minimum Gasteiger partial charge on any atom is -0.473 e. The van der Waals surface area contributed by atoms with Gasteiger partial charge in [0.05, 0.1) is 31.2 Å². The van der Waals surface area contributed by atoms with Gasteiger partial charge in [0.1, 0.15) is 18.9 Å². The van der Waals surface area contributed by atoms with Gasteiger partial charge in [0, 0.05) is 25.2 Å². The van der Waals surface area contributed by atoms with Gasteiger partial charge in [-0.05, 0) is 34.9 Å². The van der Waals surface area contributed by atoms with E-state index in [-0.39, 0.29) is 36.7 Å². The molecule has 0 atom stereocenters. The summed E-state index contributed by atoms with van der Waals surface area (Å²) in [7, 11) is 2.81. The van der Waals surface area contributed by atoms with Crippen LogP contribution in [0.25, 0.3) is 22.3 Å². The summed E-state index contributed by atoms with van der Waals surface area (Å²) < 4.78 is 50.3. The van der Waals surface area contributed by atoms with Crippen LogP contribution in [0.2, 0.25) is 0 Å². The Morgan fingerprint density at radius 3 is 2.22 bits per heavy atom. The van der Waals surface area contributed by atoms with E-state index in [2.05, 4.69) is 9.72 Å². The molecule has 0 radical (unpaired) electrons. The second-order valence-corrected chi connectivity index (χ2v) is 11.0. The number of aryl methyl sites for hydroxylation is 1. The largest absolute Gasteiger partial charge is 0.473 e. The molecule has 1 aliphatic rings. The van der Waals surface area contributed by atoms with Crippen LogP contribution in [0.4, 0.5) is 8.78 Å². The van der Waals surface area contributed by atoms with Crippen LogP contribution >= 0.6 is 0 Å². The first-order valence-electron chi connectivity index (χ1n) is 14.7. The molecule has 3 heterocycles. The predicted molar refractivity (Wildman–Crippen MR) is 169 cm³/mol. The maximum Gasteiger partial charge on any atom is 0.333 e. The van der Waals surface area contributed by atoms with Crippen LogP contribution in [0.3, 0.4) is 0 Å². The highest BCUT2D eigenvalue weighted by molar-refractivity contribution is 5.85. The molecule has 5 aromatic rings. The molecule has 0 unspecified atom stereocenters. The van der Waals surface area contributed by atoms with Gasteiger partial charge in [-0.3, -0.25) is 18.8 Å². The molecular weight excluding hydrogens is 594 g/mol. The summed E-state index contributed by atoms with van der Waals surface area (Å²) in [6, 6.07) is 27.4. The number of aromatic nitrogens is 3. The number of methoxy groups -OCH3 is 1. The number of pyridine rings is 1. The summed E-state index contributed by atoms with van der Waals surface area (Å²) in [6.45, 7) is -0.208. The van der Waals surface area contributed by atoms with E-state index >= 15 is 8.78 Å². The lowest BCUT2D eigenvalue weighted by Crippen LogP contribution is -2.44. The minimum atomic E-state index is -3.22. The molecule has 236 valence electrons. The Labute approximate surface area is 263 Å². The smallest absolute Gasteiger partial charge is 0.333 e. The van der Waals surface area contributed by atoms with Gasteiger partial charge in [-0.1, -0.05) is 72.8 Å². The zero-order valence-corrected chi connectivity index (χ0v) is 25.4. The van der Waals surface area contributed by atoms with Crippen LogP contribution < -0.4 is 15.2 Å². The summed E-state index contributed by atoms with van der Waals surface area (Å²) in [5.74, 6) is -3.30. The number of hydrogen-bond acceptors (Lipinski definition) is 7. The molecule has 0 saturated carbocycles. The van der Waals surface area contributed by atoms with E-state index in [1.807, 2.05) is 60.7 Å². The van der Waals surface area contributed by atoms with Crippen LogP contribution in [0.15, 0.2) is 102 Å². The van der Waals surface area contributed by atoms with E-state index in [1.165, 1.54) is 27.2 Å². The third kappa shape index (κ3) is 6.40. The van der Waals surface area contributed by atoms with Crippen molar-refractivity contribution >= 4 is 22.6 Å². The van der Waals surface area contributed by atoms with Gasteiger partial charge >= 0.3 is 11.7 Å². The van der Waals surface area contributed by atoms with Gasteiger partial charge in [-0.2, -0.15) is 13.8 Å². The van der Waals surface area contributed by atoms with E-state index in [0.29, 0.717) is 29.2 Å². The standard InChI is InChI=1S/C35H32F2N4O5/c1-39-30-19-26(27-17-18-40(20-32(42)44-2)23-35(27,36)37)13-14-28(30)41(34(39)43)29-15-16-31(45-21-24-9-5-3-6-10-24)38-33(29)46-22-25-11-7-4-8-12-25/h3-17,19H,18,20-23H2,1-2H3. The topological polar surface area (TPSA) is 87.8 Å². The molecule has 3 aromatic carbocycles. The maximum atomic E-state index is 15.3. The average molecular weight is 627 g/mol. The maximum absolute atomic E-state index is 15.3. The molecule has 2 aromatic heterocycles. The number of carbonyl (C=O) groups is 1. The van der Waals surface area contributed by atoms with Gasteiger partial charge in [0.2, 0.25) is 11.8 Å². The molecule has 0 bridgehead atoms. The number of alkyl halides is 2. The van der Waals surface area contributed by atoms with Crippen molar-refractivity contribution in [3.05, 3.63) is 124 Å². The zero-order valence-electron chi connectivity index (χ0n) is 25.4. The van der Waals surface area contributed by atoms with Gasteiger partial charge in [0.15, 0.2) is 0 Å². The number of fused-ring (bicyclic) bond motifs is 1.